The maximum Gasteiger partial charge on any atom is 0.379 e. The molecule has 0 aliphatic rings. The molecular weight excluding hydrogens is 483 g/mol. The Morgan fingerprint density at radius 3 is 2.48 bits per heavy atom. The van der Waals surface area contributed by atoms with Crippen molar-refractivity contribution in [1.82, 2.24) is 0 Å². The van der Waals surface area contributed by atoms with Gasteiger partial charge >= 0.3 is 5.97 Å². The van der Waals surface area contributed by atoms with Crippen molar-refractivity contribution in [2.24, 2.45) is 0 Å². The molecule has 0 spiro atoms. The number of carbonyl (C=O) groups excluding carboxylic acids is 1. The van der Waals surface area contributed by atoms with Gasteiger partial charge in [-0.15, -0.1) is 0 Å². The lowest BCUT2D eigenvalue weighted by atomic mass is 10.1. The van der Waals surface area contributed by atoms with Crippen molar-refractivity contribution in [2.75, 3.05) is 0 Å². The van der Waals surface area contributed by atoms with Crippen LogP contribution in [0.3, 0.4) is 0 Å². The predicted octanol–water partition coefficient (Wildman–Crippen LogP) is 6.65. The molecule has 5 nitrogen and oxygen atoms in total. The number of halogens is 3. The number of benzene rings is 2. The number of hydrogen-bond donors (Lipinski definition) is 0. The molecule has 0 radical (unpaired) electrons. The van der Waals surface area contributed by atoms with E-state index in [0.29, 0.717) is 25.9 Å². The Kier molecular flexibility index (Phi) is 5.25. The van der Waals surface area contributed by atoms with Crippen molar-refractivity contribution in [3.05, 3.63) is 84.8 Å². The van der Waals surface area contributed by atoms with Gasteiger partial charge in [0.2, 0.25) is 16.9 Å². The molecule has 0 amide bonds. The molecule has 0 aliphatic carbocycles. The number of aryl methyl sites for hydroxylation is 1. The van der Waals surface area contributed by atoms with E-state index >= 15 is 0 Å². The fourth-order valence-electron chi connectivity index (χ4n) is 2.78. The van der Waals surface area contributed by atoms with Crippen molar-refractivity contribution in [1.29, 1.82) is 0 Å². The number of furan rings is 1. The van der Waals surface area contributed by atoms with Crippen molar-refractivity contribution < 1.29 is 18.4 Å². The van der Waals surface area contributed by atoms with Crippen LogP contribution in [0.1, 0.15) is 16.1 Å². The molecule has 0 N–H and O–H groups in total. The molecule has 8 heteroatoms. The van der Waals surface area contributed by atoms with Crippen LogP contribution in [0.2, 0.25) is 10.0 Å². The van der Waals surface area contributed by atoms with Crippen LogP contribution in [-0.2, 0) is 0 Å². The van der Waals surface area contributed by atoms with E-state index in [2.05, 4.69) is 15.9 Å². The number of rotatable bonds is 3. The van der Waals surface area contributed by atoms with Crippen LogP contribution in [0.25, 0.3) is 22.3 Å². The van der Waals surface area contributed by atoms with Crippen molar-refractivity contribution in [3.63, 3.8) is 0 Å². The Labute approximate surface area is 182 Å². The average Bonchev–Trinajstić information content (AvgIpc) is 3.13. The van der Waals surface area contributed by atoms with E-state index in [4.69, 9.17) is 36.8 Å². The fourth-order valence-corrected chi connectivity index (χ4v) is 3.47. The van der Waals surface area contributed by atoms with Crippen LogP contribution in [0.5, 0.6) is 5.75 Å². The van der Waals surface area contributed by atoms with Gasteiger partial charge in [-0.05, 0) is 64.8 Å². The summed E-state index contributed by atoms with van der Waals surface area (Å²) in [6, 6.07) is 12.9. The van der Waals surface area contributed by atoms with E-state index in [-0.39, 0.29) is 22.7 Å². The first kappa shape index (κ1) is 19.8. The third-order valence-corrected chi connectivity index (χ3v) is 5.38. The minimum absolute atomic E-state index is 0.0359. The number of ether oxygens (including phenoxy) is 1. The molecule has 4 rings (SSSR count). The van der Waals surface area contributed by atoms with E-state index in [1.54, 1.807) is 37.3 Å². The molecule has 4 aromatic rings. The monoisotopic (exact) mass is 492 g/mol. The molecule has 2 aromatic heterocycles. The van der Waals surface area contributed by atoms with Gasteiger partial charge in [0.1, 0.15) is 5.58 Å². The second-order valence-electron chi connectivity index (χ2n) is 6.16. The summed E-state index contributed by atoms with van der Waals surface area (Å²) in [5, 5.41) is 0.904. The molecule has 0 unspecified atom stereocenters. The Balaban J connectivity index is 1.97. The van der Waals surface area contributed by atoms with Gasteiger partial charge in [-0.1, -0.05) is 35.3 Å². The van der Waals surface area contributed by atoms with Crippen molar-refractivity contribution in [2.45, 2.75) is 6.92 Å². The van der Waals surface area contributed by atoms with Crippen LogP contribution in [0, 0.1) is 6.92 Å². The highest BCUT2D eigenvalue weighted by Crippen LogP contribution is 2.36. The van der Waals surface area contributed by atoms with Gasteiger partial charge in [0.25, 0.3) is 0 Å². The number of fused-ring (bicyclic) bond motifs is 1. The van der Waals surface area contributed by atoms with E-state index in [9.17, 15) is 9.59 Å². The van der Waals surface area contributed by atoms with E-state index < -0.39 is 11.4 Å². The molecular formula is C21H11BrCl2O5. The molecule has 2 heterocycles. The summed E-state index contributed by atoms with van der Waals surface area (Å²) in [6.45, 7) is 1.79. The van der Waals surface area contributed by atoms with Gasteiger partial charge in [0, 0.05) is 10.6 Å². The normalized spacial score (nSPS) is 11.0. The Hall–Kier alpha value is -2.54. The highest BCUT2D eigenvalue weighted by molar-refractivity contribution is 9.10. The lowest BCUT2D eigenvalue weighted by Crippen LogP contribution is -2.16. The van der Waals surface area contributed by atoms with E-state index in [0.717, 1.165) is 5.56 Å². The zero-order chi connectivity index (χ0) is 20.7. The summed E-state index contributed by atoms with van der Waals surface area (Å²) >= 11 is 15.6. The Morgan fingerprint density at radius 2 is 1.79 bits per heavy atom. The van der Waals surface area contributed by atoms with E-state index in [1.165, 1.54) is 18.2 Å². The molecule has 29 heavy (non-hydrogen) atoms. The molecule has 0 atom stereocenters. The standard InChI is InChI=1S/C21H11BrCl2O5/c1-10-8-16-12(9-14(10)24)18(25)20(29-21(26)15-6-7-17(22)27-15)19(28-16)11-4-2-3-5-13(11)23/h2-9H,1H3. The lowest BCUT2D eigenvalue weighted by Gasteiger charge is -2.11. The van der Waals surface area contributed by atoms with Crippen LogP contribution in [0.4, 0.5) is 0 Å². The quantitative estimate of drug-likeness (QED) is 0.299. The number of hydrogen-bond acceptors (Lipinski definition) is 5. The zero-order valence-corrected chi connectivity index (χ0v) is 17.9. The summed E-state index contributed by atoms with van der Waals surface area (Å²) in [7, 11) is 0. The van der Waals surface area contributed by atoms with Gasteiger partial charge in [0.15, 0.2) is 10.4 Å². The zero-order valence-electron chi connectivity index (χ0n) is 14.8. The van der Waals surface area contributed by atoms with Crippen LogP contribution >= 0.6 is 39.1 Å². The second-order valence-corrected chi connectivity index (χ2v) is 7.76. The fraction of sp³-hybridized carbons (Fsp3) is 0.0476. The van der Waals surface area contributed by atoms with Gasteiger partial charge < -0.3 is 13.6 Å². The summed E-state index contributed by atoms with van der Waals surface area (Å²) in [6.07, 6.45) is 0. The first-order valence-electron chi connectivity index (χ1n) is 8.34. The molecule has 0 saturated carbocycles. The third kappa shape index (κ3) is 3.71. The minimum Gasteiger partial charge on any atom is -0.452 e. The Bertz CT molecular complexity index is 1320. The molecule has 0 saturated heterocycles. The van der Waals surface area contributed by atoms with Crippen LogP contribution < -0.4 is 10.2 Å². The molecule has 2 aromatic carbocycles. The lowest BCUT2D eigenvalue weighted by molar-refractivity contribution is 0.0696. The van der Waals surface area contributed by atoms with Gasteiger partial charge in [0.05, 0.1) is 10.4 Å². The molecule has 0 bridgehead atoms. The predicted molar refractivity (Wildman–Crippen MR) is 114 cm³/mol. The third-order valence-electron chi connectivity index (χ3n) is 4.22. The maximum atomic E-state index is 13.2. The summed E-state index contributed by atoms with van der Waals surface area (Å²) in [5.74, 6) is -1.20. The average molecular weight is 494 g/mol. The van der Waals surface area contributed by atoms with Crippen LogP contribution in [0.15, 0.2) is 66.8 Å². The van der Waals surface area contributed by atoms with Gasteiger partial charge in [-0.3, -0.25) is 4.79 Å². The Morgan fingerprint density at radius 1 is 1.03 bits per heavy atom. The molecule has 0 aliphatic heterocycles. The van der Waals surface area contributed by atoms with Gasteiger partial charge in [-0.2, -0.15) is 0 Å². The molecule has 0 fully saturated rings. The summed E-state index contributed by atoms with van der Waals surface area (Å²) < 4.78 is 16.9. The smallest absolute Gasteiger partial charge is 0.379 e. The van der Waals surface area contributed by atoms with E-state index in [1.807, 2.05) is 0 Å². The first-order chi connectivity index (χ1) is 13.8. The van der Waals surface area contributed by atoms with Crippen LogP contribution in [-0.4, -0.2) is 5.97 Å². The topological polar surface area (TPSA) is 69.7 Å². The number of esters is 1. The SMILES string of the molecule is Cc1cc2oc(-c3ccccc3Cl)c(OC(=O)c3ccc(Br)o3)c(=O)c2cc1Cl. The minimum atomic E-state index is -0.853. The summed E-state index contributed by atoms with van der Waals surface area (Å²) in [4.78, 5) is 25.7. The molecule has 146 valence electrons. The second kappa shape index (κ2) is 7.71. The number of carbonyl (C=O) groups is 1. The summed E-state index contributed by atoms with van der Waals surface area (Å²) in [5.41, 5.74) is 0.885. The maximum absolute atomic E-state index is 13.2. The highest BCUT2D eigenvalue weighted by Gasteiger charge is 2.24. The first-order valence-corrected chi connectivity index (χ1v) is 9.89. The van der Waals surface area contributed by atoms with Gasteiger partial charge in [-0.25, -0.2) is 4.79 Å². The van der Waals surface area contributed by atoms with Crippen molar-refractivity contribution in [3.8, 4) is 17.1 Å². The largest absolute Gasteiger partial charge is 0.452 e. The highest BCUT2D eigenvalue weighted by atomic mass is 79.9. The van der Waals surface area contributed by atoms with Crippen molar-refractivity contribution >= 4 is 56.1 Å².